The third-order valence-corrected chi connectivity index (χ3v) is 5.51. The predicted octanol–water partition coefficient (Wildman–Crippen LogP) is 2.90. The molecule has 3 aromatic carbocycles. The van der Waals surface area contributed by atoms with Crippen LogP contribution in [0.4, 0.5) is 23.0 Å². The summed E-state index contributed by atoms with van der Waals surface area (Å²) in [5.41, 5.74) is 4.53. The number of fused-ring (bicyclic) bond motifs is 1. The fraction of sp³-hybridized carbons (Fsp3) is 0.192. The Hall–Kier alpha value is -4.41. The van der Waals surface area contributed by atoms with Crippen LogP contribution in [0.2, 0.25) is 0 Å². The van der Waals surface area contributed by atoms with Crippen molar-refractivity contribution in [3.63, 3.8) is 0 Å². The molecule has 0 bridgehead atoms. The van der Waals surface area contributed by atoms with Gasteiger partial charge in [0.15, 0.2) is 0 Å². The molecule has 0 aliphatic carbocycles. The normalized spacial score (nSPS) is 11.7. The maximum atomic E-state index is 12.7. The number of nitrogens with one attached hydrogen (secondary N) is 4. The predicted molar refractivity (Wildman–Crippen MR) is 141 cm³/mol. The molecule has 6 N–H and O–H groups in total. The highest BCUT2D eigenvalue weighted by molar-refractivity contribution is 6.06. The Bertz CT molecular complexity index is 1350. The summed E-state index contributed by atoms with van der Waals surface area (Å²) in [5.74, 6) is -0.0761. The Morgan fingerprint density at radius 2 is 1.50 bits per heavy atom. The molecule has 10 nitrogen and oxygen atoms in total. The summed E-state index contributed by atoms with van der Waals surface area (Å²) in [6.07, 6.45) is -0.887. The van der Waals surface area contributed by atoms with E-state index in [1.165, 1.54) is 0 Å². The lowest BCUT2D eigenvalue weighted by atomic mass is 10.1. The Morgan fingerprint density at radius 1 is 0.917 bits per heavy atom. The smallest absolute Gasteiger partial charge is 0.255 e. The van der Waals surface area contributed by atoms with Gasteiger partial charge in [-0.15, -0.1) is 0 Å². The lowest BCUT2D eigenvalue weighted by molar-refractivity contribution is 0.102. The fourth-order valence-corrected chi connectivity index (χ4v) is 3.47. The van der Waals surface area contributed by atoms with E-state index in [-0.39, 0.29) is 25.0 Å². The quantitative estimate of drug-likeness (QED) is 0.213. The van der Waals surface area contributed by atoms with Crippen LogP contribution in [0.15, 0.2) is 66.7 Å². The van der Waals surface area contributed by atoms with Crippen LogP contribution in [0.5, 0.6) is 0 Å². The average Bonchev–Trinajstić information content (AvgIpc) is 3.30. The van der Waals surface area contributed by atoms with Gasteiger partial charge in [0.2, 0.25) is 5.95 Å². The number of carbonyl (C=O) groups is 2. The van der Waals surface area contributed by atoms with E-state index in [2.05, 4.69) is 25.9 Å². The molecule has 0 spiro atoms. The third-order valence-electron chi connectivity index (χ3n) is 5.51. The molecular weight excluding hydrogens is 460 g/mol. The number of hydrogen-bond acceptors (Lipinski definition) is 7. The molecule has 4 rings (SSSR count). The first-order valence-electron chi connectivity index (χ1n) is 11.3. The van der Waals surface area contributed by atoms with E-state index in [9.17, 15) is 14.7 Å². The lowest BCUT2D eigenvalue weighted by Crippen LogP contribution is -2.23. The highest BCUT2D eigenvalue weighted by atomic mass is 16.3. The molecule has 0 aliphatic heterocycles. The van der Waals surface area contributed by atoms with E-state index in [1.807, 2.05) is 31.1 Å². The Labute approximate surface area is 208 Å². The molecule has 2 amide bonds. The first kappa shape index (κ1) is 24.7. The van der Waals surface area contributed by atoms with Gasteiger partial charge in [0.05, 0.1) is 23.7 Å². The summed E-state index contributed by atoms with van der Waals surface area (Å²) in [6, 6.07) is 19.2. The molecule has 36 heavy (non-hydrogen) atoms. The second-order valence-corrected chi connectivity index (χ2v) is 8.46. The van der Waals surface area contributed by atoms with Gasteiger partial charge in [-0.05, 0) is 66.7 Å². The number of nitrogens with zero attached hydrogens (tertiary/aromatic N) is 2. The monoisotopic (exact) mass is 488 g/mol. The lowest BCUT2D eigenvalue weighted by Gasteiger charge is -2.12. The first-order valence-corrected chi connectivity index (χ1v) is 11.3. The molecule has 186 valence electrons. The number of aromatic amines is 1. The molecule has 0 fully saturated rings. The van der Waals surface area contributed by atoms with Crippen molar-refractivity contribution in [3.8, 4) is 0 Å². The van der Waals surface area contributed by atoms with Crippen molar-refractivity contribution in [2.75, 3.05) is 48.1 Å². The van der Waals surface area contributed by atoms with E-state index in [0.717, 1.165) is 5.69 Å². The van der Waals surface area contributed by atoms with Gasteiger partial charge in [0.1, 0.15) is 0 Å². The fourth-order valence-electron chi connectivity index (χ4n) is 3.47. The van der Waals surface area contributed by atoms with Gasteiger partial charge in [-0.1, -0.05) is 0 Å². The van der Waals surface area contributed by atoms with E-state index in [4.69, 9.17) is 5.11 Å². The SMILES string of the molecule is CN(C)c1ccc(C(=O)Nc2ccc(C(=O)Nc3ccc4nc(NCC(O)CO)[nH]c4c3)cc2)cc1. The van der Waals surface area contributed by atoms with Gasteiger partial charge in [-0.25, -0.2) is 4.98 Å². The maximum Gasteiger partial charge on any atom is 0.255 e. The number of H-pyrrole nitrogens is 1. The largest absolute Gasteiger partial charge is 0.394 e. The number of hydrogen-bond donors (Lipinski definition) is 6. The number of anilines is 4. The second-order valence-electron chi connectivity index (χ2n) is 8.46. The zero-order valence-electron chi connectivity index (χ0n) is 19.9. The Kier molecular flexibility index (Phi) is 7.47. The minimum Gasteiger partial charge on any atom is -0.394 e. The van der Waals surface area contributed by atoms with Crippen molar-refractivity contribution in [3.05, 3.63) is 77.9 Å². The summed E-state index contributed by atoms with van der Waals surface area (Å²) in [6.45, 7) is -0.194. The molecule has 1 unspecified atom stereocenters. The van der Waals surface area contributed by atoms with Gasteiger partial charge in [0.25, 0.3) is 11.8 Å². The third kappa shape index (κ3) is 5.98. The highest BCUT2D eigenvalue weighted by Gasteiger charge is 2.11. The van der Waals surface area contributed by atoms with Crippen molar-refractivity contribution in [2.45, 2.75) is 6.10 Å². The maximum absolute atomic E-state index is 12.7. The molecule has 0 saturated heterocycles. The van der Waals surface area contributed by atoms with Crippen molar-refractivity contribution in [2.24, 2.45) is 0 Å². The number of aliphatic hydroxyl groups is 2. The molecule has 1 atom stereocenters. The minimum atomic E-state index is -0.887. The molecule has 0 aliphatic rings. The number of aliphatic hydroxyl groups excluding tert-OH is 2. The van der Waals surface area contributed by atoms with Crippen molar-refractivity contribution >= 4 is 45.9 Å². The molecule has 4 aromatic rings. The van der Waals surface area contributed by atoms with Crippen LogP contribution in [0.25, 0.3) is 11.0 Å². The number of benzene rings is 3. The van der Waals surface area contributed by atoms with E-state index < -0.39 is 6.10 Å². The first-order chi connectivity index (χ1) is 17.3. The van der Waals surface area contributed by atoms with E-state index in [1.54, 1.807) is 54.6 Å². The van der Waals surface area contributed by atoms with Gasteiger partial charge >= 0.3 is 0 Å². The van der Waals surface area contributed by atoms with Crippen molar-refractivity contribution in [1.82, 2.24) is 9.97 Å². The van der Waals surface area contributed by atoms with Crippen LogP contribution in [0.3, 0.4) is 0 Å². The van der Waals surface area contributed by atoms with Crippen LogP contribution in [0.1, 0.15) is 20.7 Å². The molecule has 1 aromatic heterocycles. The van der Waals surface area contributed by atoms with E-state index >= 15 is 0 Å². The van der Waals surface area contributed by atoms with Gasteiger partial charge in [0, 0.05) is 48.8 Å². The van der Waals surface area contributed by atoms with Crippen LogP contribution in [-0.4, -0.2) is 65.3 Å². The van der Waals surface area contributed by atoms with Gasteiger partial charge in [-0.3, -0.25) is 9.59 Å². The summed E-state index contributed by atoms with van der Waals surface area (Å²) < 4.78 is 0. The summed E-state index contributed by atoms with van der Waals surface area (Å²) in [7, 11) is 3.87. The summed E-state index contributed by atoms with van der Waals surface area (Å²) >= 11 is 0. The van der Waals surface area contributed by atoms with Crippen LogP contribution in [-0.2, 0) is 0 Å². The standard InChI is InChI=1S/C26H28N6O4/c1-32(2)20-10-5-17(6-11-20)24(35)28-18-7-3-16(4-8-18)25(36)29-19-9-12-22-23(13-19)31-26(30-22)27-14-21(34)15-33/h3-13,21,33-34H,14-15H2,1-2H3,(H,28,35)(H,29,36)(H2,27,30,31). The number of amides is 2. The molecule has 0 radical (unpaired) electrons. The van der Waals surface area contributed by atoms with Crippen LogP contribution in [0, 0.1) is 0 Å². The van der Waals surface area contributed by atoms with Crippen LogP contribution < -0.4 is 20.9 Å². The number of imidazole rings is 1. The topological polar surface area (TPSA) is 143 Å². The number of aromatic nitrogens is 2. The van der Waals surface area contributed by atoms with E-state index in [0.29, 0.717) is 39.5 Å². The van der Waals surface area contributed by atoms with Crippen molar-refractivity contribution < 1.29 is 19.8 Å². The average molecular weight is 489 g/mol. The Balaban J connectivity index is 1.36. The zero-order valence-corrected chi connectivity index (χ0v) is 19.9. The summed E-state index contributed by atoms with van der Waals surface area (Å²) in [5, 5.41) is 27.0. The Morgan fingerprint density at radius 3 is 2.11 bits per heavy atom. The molecule has 1 heterocycles. The molecular formula is C26H28N6O4. The van der Waals surface area contributed by atoms with Gasteiger partial charge < -0.3 is 36.0 Å². The molecule has 0 saturated carbocycles. The number of carbonyl (C=O) groups excluding carboxylic acids is 2. The second kappa shape index (κ2) is 10.9. The van der Waals surface area contributed by atoms with Crippen molar-refractivity contribution in [1.29, 1.82) is 0 Å². The zero-order chi connectivity index (χ0) is 25.7. The van der Waals surface area contributed by atoms with Gasteiger partial charge in [-0.2, -0.15) is 0 Å². The molecule has 10 heteroatoms. The van der Waals surface area contributed by atoms with Crippen LogP contribution >= 0.6 is 0 Å². The number of rotatable bonds is 9. The highest BCUT2D eigenvalue weighted by Crippen LogP contribution is 2.20. The summed E-state index contributed by atoms with van der Waals surface area (Å²) in [4.78, 5) is 34.6. The minimum absolute atomic E-state index is 0.152.